The van der Waals surface area contributed by atoms with Crippen molar-refractivity contribution in [3.63, 3.8) is 0 Å². The summed E-state index contributed by atoms with van der Waals surface area (Å²) in [6, 6.07) is 13.6. The lowest BCUT2D eigenvalue weighted by molar-refractivity contribution is -0.164. The van der Waals surface area contributed by atoms with Gasteiger partial charge >= 0.3 is 5.97 Å². The fourth-order valence-electron chi connectivity index (χ4n) is 3.94. The molecular formula is C22H28N2O4. The van der Waals surface area contributed by atoms with Crippen LogP contribution in [0.1, 0.15) is 37.4 Å². The van der Waals surface area contributed by atoms with Crippen molar-refractivity contribution in [3.05, 3.63) is 59.9 Å². The number of carbonyl (C=O) groups is 1. The molecule has 1 aromatic carbocycles. The Morgan fingerprint density at radius 2 is 2.18 bits per heavy atom. The summed E-state index contributed by atoms with van der Waals surface area (Å²) in [4.78, 5) is 18.3. The Bertz CT molecular complexity index is 783. The van der Waals surface area contributed by atoms with Crippen LogP contribution in [0, 0.1) is 5.41 Å². The van der Waals surface area contributed by atoms with Gasteiger partial charge in [-0.05, 0) is 42.7 Å². The first-order valence-corrected chi connectivity index (χ1v) is 9.79. The molecule has 1 saturated heterocycles. The van der Waals surface area contributed by atoms with E-state index >= 15 is 0 Å². The number of hydrogen-bond donors (Lipinski definition) is 2. The predicted octanol–water partition coefficient (Wildman–Crippen LogP) is 3.10. The van der Waals surface area contributed by atoms with E-state index in [0.29, 0.717) is 39.1 Å². The molecule has 1 aromatic heterocycles. The Labute approximate surface area is 165 Å². The van der Waals surface area contributed by atoms with Gasteiger partial charge in [-0.2, -0.15) is 0 Å². The van der Waals surface area contributed by atoms with E-state index in [1.165, 1.54) is 0 Å². The molecule has 2 heterocycles. The van der Waals surface area contributed by atoms with E-state index in [4.69, 9.17) is 4.74 Å². The number of carboxylic acids is 1. The van der Waals surface area contributed by atoms with Crippen molar-refractivity contribution < 1.29 is 19.7 Å². The molecule has 1 aliphatic rings. The van der Waals surface area contributed by atoms with Gasteiger partial charge in [0.2, 0.25) is 0 Å². The zero-order valence-corrected chi connectivity index (χ0v) is 16.3. The van der Waals surface area contributed by atoms with Gasteiger partial charge < -0.3 is 14.9 Å². The first-order valence-electron chi connectivity index (χ1n) is 9.79. The summed E-state index contributed by atoms with van der Waals surface area (Å²) in [6.07, 6.45) is 2.63. The maximum atomic E-state index is 11.9. The molecule has 1 aliphatic heterocycles. The number of hydrogen-bond acceptors (Lipinski definition) is 5. The summed E-state index contributed by atoms with van der Waals surface area (Å²) in [5.74, 6) is -0.141. The minimum absolute atomic E-state index is 0.358. The number of aliphatic carboxylic acids is 1. The molecule has 0 aliphatic carbocycles. The molecule has 0 saturated carbocycles. The number of likely N-dealkylation sites (tertiary alicyclic amines) is 1. The first-order chi connectivity index (χ1) is 13.5. The second kappa shape index (κ2) is 9.17. The molecule has 6 heteroatoms. The molecule has 1 fully saturated rings. The van der Waals surface area contributed by atoms with Gasteiger partial charge in [-0.25, -0.2) is 0 Å². The van der Waals surface area contributed by atoms with Crippen LogP contribution in [0.4, 0.5) is 0 Å². The number of aromatic nitrogens is 1. The predicted molar refractivity (Wildman–Crippen MR) is 106 cm³/mol. The summed E-state index contributed by atoms with van der Waals surface area (Å²) in [7, 11) is 0. The molecule has 0 bridgehead atoms. The van der Waals surface area contributed by atoms with Crippen LogP contribution in [0.3, 0.4) is 0 Å². The first kappa shape index (κ1) is 20.3. The van der Waals surface area contributed by atoms with Gasteiger partial charge in [-0.1, -0.05) is 31.5 Å². The van der Waals surface area contributed by atoms with E-state index in [-0.39, 0.29) is 0 Å². The number of aliphatic hydroxyl groups excluding tert-OH is 1. The lowest BCUT2D eigenvalue weighted by Gasteiger charge is -2.43. The normalized spacial score (nSPS) is 22.7. The van der Waals surface area contributed by atoms with Crippen LogP contribution >= 0.6 is 0 Å². The van der Waals surface area contributed by atoms with Crippen LogP contribution in [0.5, 0.6) is 5.75 Å². The summed E-state index contributed by atoms with van der Waals surface area (Å²) in [5, 5.41) is 20.2. The molecule has 2 atom stereocenters. The van der Waals surface area contributed by atoms with E-state index in [1.807, 2.05) is 49.4 Å². The van der Waals surface area contributed by atoms with E-state index in [1.54, 1.807) is 6.20 Å². The van der Waals surface area contributed by atoms with E-state index in [0.717, 1.165) is 23.4 Å². The highest BCUT2D eigenvalue weighted by Crippen LogP contribution is 2.36. The minimum Gasteiger partial charge on any atom is -0.487 e. The third kappa shape index (κ3) is 4.69. The van der Waals surface area contributed by atoms with Crippen LogP contribution < -0.4 is 4.74 Å². The van der Waals surface area contributed by atoms with Crippen molar-refractivity contribution in [2.45, 2.75) is 45.4 Å². The van der Waals surface area contributed by atoms with Crippen LogP contribution in [0.15, 0.2) is 48.7 Å². The van der Waals surface area contributed by atoms with Gasteiger partial charge in [0.05, 0.1) is 11.8 Å². The topological polar surface area (TPSA) is 82.9 Å². The Kier molecular flexibility index (Phi) is 6.65. The van der Waals surface area contributed by atoms with Crippen molar-refractivity contribution in [2.75, 3.05) is 13.1 Å². The fourth-order valence-corrected chi connectivity index (χ4v) is 3.94. The van der Waals surface area contributed by atoms with Crippen LogP contribution in [0.2, 0.25) is 0 Å². The quantitative estimate of drug-likeness (QED) is 0.728. The van der Waals surface area contributed by atoms with Gasteiger partial charge in [-0.15, -0.1) is 0 Å². The lowest BCUT2D eigenvalue weighted by Crippen LogP contribution is -2.55. The average Bonchev–Trinajstić information content (AvgIpc) is 2.70. The second-order valence-electron chi connectivity index (χ2n) is 7.48. The summed E-state index contributed by atoms with van der Waals surface area (Å²) in [5.41, 5.74) is 0.842. The Hall–Kier alpha value is -2.44. The highest BCUT2D eigenvalue weighted by atomic mass is 16.5. The fraction of sp³-hybridized carbons (Fsp3) is 0.455. The third-order valence-electron chi connectivity index (χ3n) is 5.40. The van der Waals surface area contributed by atoms with Crippen molar-refractivity contribution in [1.29, 1.82) is 0 Å². The molecule has 0 radical (unpaired) electrons. The molecule has 3 rings (SSSR count). The monoisotopic (exact) mass is 384 g/mol. The van der Waals surface area contributed by atoms with Gasteiger partial charge in [0.1, 0.15) is 17.8 Å². The number of benzene rings is 1. The molecule has 0 spiro atoms. The number of aliphatic hydroxyl groups is 1. The standard InChI is InChI=1S/C22H28N2O4/c1-2-10-22(21(26)27)16-24(12-9-20(22)25)14-17-6-5-8-19(13-17)28-15-18-7-3-4-11-23-18/h3-8,11,13,20,25H,2,9-10,12,14-16H2,1H3,(H,26,27)/t20-,22-/m1/s1. The molecule has 0 unspecified atom stereocenters. The zero-order valence-electron chi connectivity index (χ0n) is 16.3. The Balaban J connectivity index is 1.65. The zero-order chi connectivity index (χ0) is 20.0. The van der Waals surface area contributed by atoms with Crippen molar-refractivity contribution in [3.8, 4) is 5.75 Å². The summed E-state index contributed by atoms with van der Waals surface area (Å²) in [6.45, 7) is 4.03. The van der Waals surface area contributed by atoms with Crippen LogP contribution in [0.25, 0.3) is 0 Å². The van der Waals surface area contributed by atoms with Crippen molar-refractivity contribution in [2.24, 2.45) is 5.41 Å². The van der Waals surface area contributed by atoms with E-state index in [9.17, 15) is 15.0 Å². The van der Waals surface area contributed by atoms with Crippen molar-refractivity contribution in [1.82, 2.24) is 9.88 Å². The molecular weight excluding hydrogens is 356 g/mol. The van der Waals surface area contributed by atoms with Crippen LogP contribution in [-0.2, 0) is 17.9 Å². The molecule has 28 heavy (non-hydrogen) atoms. The maximum absolute atomic E-state index is 11.9. The molecule has 2 aromatic rings. The van der Waals surface area contributed by atoms with Gasteiger partial charge in [-0.3, -0.25) is 14.7 Å². The maximum Gasteiger partial charge on any atom is 0.313 e. The summed E-state index contributed by atoms with van der Waals surface area (Å²) < 4.78 is 5.84. The molecule has 150 valence electrons. The SMILES string of the molecule is CCC[C@@]1(C(=O)O)CN(Cc2cccc(OCc3ccccn3)c2)CC[C@H]1O. The highest BCUT2D eigenvalue weighted by molar-refractivity contribution is 5.76. The number of carboxylic acid groups (broad SMARTS) is 1. The average molecular weight is 384 g/mol. The third-order valence-corrected chi connectivity index (χ3v) is 5.40. The van der Waals surface area contributed by atoms with Gasteiger partial charge in [0, 0.05) is 25.8 Å². The van der Waals surface area contributed by atoms with Gasteiger partial charge in [0.15, 0.2) is 0 Å². The number of pyridine rings is 1. The lowest BCUT2D eigenvalue weighted by atomic mass is 9.74. The number of rotatable bonds is 8. The smallest absolute Gasteiger partial charge is 0.313 e. The summed E-state index contributed by atoms with van der Waals surface area (Å²) >= 11 is 0. The molecule has 0 amide bonds. The Morgan fingerprint density at radius 3 is 2.89 bits per heavy atom. The largest absolute Gasteiger partial charge is 0.487 e. The molecule has 2 N–H and O–H groups in total. The van der Waals surface area contributed by atoms with Gasteiger partial charge in [0.25, 0.3) is 0 Å². The number of piperidine rings is 1. The van der Waals surface area contributed by atoms with E-state index < -0.39 is 17.5 Å². The second-order valence-corrected chi connectivity index (χ2v) is 7.48. The minimum atomic E-state index is -1.08. The number of nitrogens with zero attached hydrogens (tertiary/aromatic N) is 2. The van der Waals surface area contributed by atoms with Crippen LogP contribution in [-0.4, -0.2) is 45.3 Å². The Morgan fingerprint density at radius 1 is 1.32 bits per heavy atom. The van der Waals surface area contributed by atoms with Crippen molar-refractivity contribution >= 4 is 5.97 Å². The highest BCUT2D eigenvalue weighted by Gasteiger charge is 2.48. The molecule has 6 nitrogen and oxygen atoms in total. The number of ether oxygens (including phenoxy) is 1. The van der Waals surface area contributed by atoms with E-state index in [2.05, 4.69) is 9.88 Å².